The van der Waals surface area contributed by atoms with Crippen molar-refractivity contribution in [2.45, 2.75) is 0 Å². The Morgan fingerprint density at radius 1 is 0.900 bits per heavy atom. The first kappa shape index (κ1) is 11.0. The molecule has 0 atom stereocenters. The summed E-state index contributed by atoms with van der Waals surface area (Å²) < 4.78 is 1.66. The van der Waals surface area contributed by atoms with Crippen LogP contribution in [0.3, 0.4) is 0 Å². The van der Waals surface area contributed by atoms with Gasteiger partial charge in [0.15, 0.2) is 11.5 Å². The lowest BCUT2D eigenvalue weighted by atomic mass is 10.1. The average molecular weight is 260 g/mol. The number of nitrogen functional groups attached to an aromatic ring is 1. The molecule has 0 aliphatic rings. The topological polar surface area (TPSA) is 56.2 Å². The minimum absolute atomic E-state index is 0.566. The van der Waals surface area contributed by atoms with Crippen LogP contribution in [-0.2, 0) is 0 Å². The van der Waals surface area contributed by atoms with Crippen LogP contribution in [0, 0.1) is 0 Å². The number of imidazole rings is 1. The summed E-state index contributed by atoms with van der Waals surface area (Å²) in [4.78, 5) is 4.56. The van der Waals surface area contributed by atoms with E-state index >= 15 is 0 Å². The van der Waals surface area contributed by atoms with Gasteiger partial charge in [0.25, 0.3) is 0 Å². The van der Waals surface area contributed by atoms with Crippen molar-refractivity contribution in [3.63, 3.8) is 0 Å². The van der Waals surface area contributed by atoms with E-state index in [1.54, 1.807) is 10.7 Å². The van der Waals surface area contributed by atoms with Gasteiger partial charge in [-0.15, -0.1) is 0 Å². The summed E-state index contributed by atoms with van der Waals surface area (Å²) in [7, 11) is 0. The number of fused-ring (bicyclic) bond motifs is 2. The van der Waals surface area contributed by atoms with Gasteiger partial charge in [0.1, 0.15) is 5.69 Å². The van der Waals surface area contributed by atoms with Crippen LogP contribution in [0.15, 0.2) is 60.8 Å². The monoisotopic (exact) mass is 260 g/mol. The van der Waals surface area contributed by atoms with E-state index in [4.69, 9.17) is 5.73 Å². The quantitative estimate of drug-likeness (QED) is 0.572. The number of hydrogen-bond donors (Lipinski definition) is 1. The maximum atomic E-state index is 6.15. The summed E-state index contributed by atoms with van der Waals surface area (Å²) in [6, 6.07) is 18.2. The van der Waals surface area contributed by atoms with Gasteiger partial charge in [-0.05, 0) is 29.0 Å². The molecule has 0 bridgehead atoms. The van der Waals surface area contributed by atoms with Crippen molar-refractivity contribution < 1.29 is 0 Å². The van der Waals surface area contributed by atoms with Gasteiger partial charge in [0.05, 0.1) is 0 Å². The maximum absolute atomic E-state index is 6.15. The van der Waals surface area contributed by atoms with E-state index in [1.165, 1.54) is 10.8 Å². The summed E-state index contributed by atoms with van der Waals surface area (Å²) >= 11 is 0. The van der Waals surface area contributed by atoms with E-state index < -0.39 is 0 Å². The smallest absolute Gasteiger partial charge is 0.156 e. The summed E-state index contributed by atoms with van der Waals surface area (Å²) in [5.74, 6) is 0.566. The first-order chi connectivity index (χ1) is 9.83. The number of benzene rings is 2. The Hall–Kier alpha value is -2.88. The highest BCUT2D eigenvalue weighted by Crippen LogP contribution is 2.28. The largest absolute Gasteiger partial charge is 0.382 e. The van der Waals surface area contributed by atoms with E-state index in [2.05, 4.69) is 34.3 Å². The molecular formula is C16H12N4. The van der Waals surface area contributed by atoms with Gasteiger partial charge in [-0.1, -0.05) is 36.4 Å². The molecule has 96 valence electrons. The fourth-order valence-corrected chi connectivity index (χ4v) is 2.46. The Labute approximate surface area is 115 Å². The molecule has 0 radical (unpaired) electrons. The van der Waals surface area contributed by atoms with E-state index in [0.717, 1.165) is 16.9 Å². The van der Waals surface area contributed by atoms with Crippen LogP contribution >= 0.6 is 0 Å². The molecule has 2 aromatic carbocycles. The van der Waals surface area contributed by atoms with Crippen LogP contribution in [0.1, 0.15) is 0 Å². The Balaban J connectivity index is 1.98. The van der Waals surface area contributed by atoms with Gasteiger partial charge < -0.3 is 5.73 Å². The summed E-state index contributed by atoms with van der Waals surface area (Å²) in [6.07, 6.45) is 1.70. The van der Waals surface area contributed by atoms with Crippen molar-refractivity contribution >= 4 is 22.2 Å². The zero-order valence-corrected chi connectivity index (χ0v) is 10.7. The molecule has 20 heavy (non-hydrogen) atoms. The second-order valence-electron chi connectivity index (χ2n) is 4.70. The van der Waals surface area contributed by atoms with Crippen LogP contribution in [-0.4, -0.2) is 14.6 Å². The second-order valence-corrected chi connectivity index (χ2v) is 4.70. The van der Waals surface area contributed by atoms with Gasteiger partial charge in [0.2, 0.25) is 0 Å². The third-order valence-corrected chi connectivity index (χ3v) is 3.45. The summed E-state index contributed by atoms with van der Waals surface area (Å²) in [5.41, 5.74) is 8.69. The van der Waals surface area contributed by atoms with Crippen molar-refractivity contribution in [2.75, 3.05) is 5.73 Å². The molecular weight excluding hydrogens is 248 g/mol. The third-order valence-electron chi connectivity index (χ3n) is 3.45. The Bertz CT molecular complexity index is 924. The minimum Gasteiger partial charge on any atom is -0.382 e. The lowest BCUT2D eigenvalue weighted by Gasteiger charge is -2.02. The molecule has 4 rings (SSSR count). The molecule has 0 saturated carbocycles. The highest BCUT2D eigenvalue weighted by Gasteiger charge is 2.11. The van der Waals surface area contributed by atoms with Crippen LogP contribution < -0.4 is 5.73 Å². The van der Waals surface area contributed by atoms with Crippen molar-refractivity contribution in [3.8, 4) is 11.3 Å². The van der Waals surface area contributed by atoms with E-state index in [-0.39, 0.29) is 0 Å². The first-order valence-corrected chi connectivity index (χ1v) is 6.41. The lowest BCUT2D eigenvalue weighted by molar-refractivity contribution is 0.946. The number of anilines is 1. The Morgan fingerprint density at radius 3 is 2.60 bits per heavy atom. The lowest BCUT2D eigenvalue weighted by Crippen LogP contribution is -1.96. The van der Waals surface area contributed by atoms with Crippen molar-refractivity contribution in [2.24, 2.45) is 0 Å². The molecule has 0 saturated heterocycles. The van der Waals surface area contributed by atoms with Crippen molar-refractivity contribution in [1.82, 2.24) is 14.6 Å². The minimum atomic E-state index is 0.566. The molecule has 4 nitrogen and oxygen atoms in total. The maximum Gasteiger partial charge on any atom is 0.156 e. The standard InChI is InChI=1S/C16H12N4/c17-16-15(19-14-6-3-9-18-20(14)16)13-8-7-11-4-1-2-5-12(11)10-13/h1-10H,17H2. The zero-order valence-electron chi connectivity index (χ0n) is 10.7. The normalized spacial score (nSPS) is 11.2. The highest BCUT2D eigenvalue weighted by atomic mass is 15.3. The van der Waals surface area contributed by atoms with Gasteiger partial charge in [0, 0.05) is 11.8 Å². The van der Waals surface area contributed by atoms with Gasteiger partial charge in [-0.25, -0.2) is 4.98 Å². The van der Waals surface area contributed by atoms with Crippen LogP contribution in [0.4, 0.5) is 5.82 Å². The van der Waals surface area contributed by atoms with Crippen molar-refractivity contribution in [1.29, 1.82) is 0 Å². The van der Waals surface area contributed by atoms with E-state index in [9.17, 15) is 0 Å². The van der Waals surface area contributed by atoms with Gasteiger partial charge in [-0.3, -0.25) is 0 Å². The molecule has 0 fully saturated rings. The second kappa shape index (κ2) is 4.06. The Morgan fingerprint density at radius 2 is 1.75 bits per heavy atom. The van der Waals surface area contributed by atoms with E-state index in [1.807, 2.05) is 30.3 Å². The highest BCUT2D eigenvalue weighted by molar-refractivity contribution is 5.88. The van der Waals surface area contributed by atoms with Crippen LogP contribution in [0.25, 0.3) is 27.7 Å². The fraction of sp³-hybridized carbons (Fsp3) is 0. The van der Waals surface area contributed by atoms with Gasteiger partial charge >= 0.3 is 0 Å². The Kier molecular flexibility index (Phi) is 2.23. The SMILES string of the molecule is Nc1c(-c2ccc3ccccc3c2)nc2cccnn12. The molecule has 2 aromatic heterocycles. The predicted molar refractivity (Wildman–Crippen MR) is 80.3 cm³/mol. The molecule has 4 heteroatoms. The van der Waals surface area contributed by atoms with Crippen LogP contribution in [0.2, 0.25) is 0 Å². The number of rotatable bonds is 1. The van der Waals surface area contributed by atoms with E-state index in [0.29, 0.717) is 5.82 Å². The molecule has 2 heterocycles. The zero-order chi connectivity index (χ0) is 13.5. The predicted octanol–water partition coefficient (Wildman–Crippen LogP) is 3.13. The molecule has 0 aliphatic carbocycles. The first-order valence-electron chi connectivity index (χ1n) is 6.41. The molecule has 0 amide bonds. The molecule has 0 spiro atoms. The van der Waals surface area contributed by atoms with Crippen molar-refractivity contribution in [3.05, 3.63) is 60.8 Å². The average Bonchev–Trinajstić information content (AvgIpc) is 2.84. The third kappa shape index (κ3) is 1.55. The summed E-state index contributed by atoms with van der Waals surface area (Å²) in [5, 5.41) is 6.60. The number of nitrogens with two attached hydrogens (primary N) is 1. The molecule has 2 N–H and O–H groups in total. The molecule has 0 aliphatic heterocycles. The number of aromatic nitrogens is 3. The summed E-state index contributed by atoms with van der Waals surface area (Å²) in [6.45, 7) is 0. The number of hydrogen-bond acceptors (Lipinski definition) is 3. The van der Waals surface area contributed by atoms with Gasteiger partial charge in [-0.2, -0.15) is 9.61 Å². The number of nitrogens with zero attached hydrogens (tertiary/aromatic N) is 3. The van der Waals surface area contributed by atoms with Crippen LogP contribution in [0.5, 0.6) is 0 Å². The molecule has 4 aromatic rings. The fourth-order valence-electron chi connectivity index (χ4n) is 2.46. The molecule has 0 unspecified atom stereocenters.